The average molecular weight is 335 g/mol. The van der Waals surface area contributed by atoms with E-state index in [9.17, 15) is 20.0 Å². The molecule has 7 nitrogen and oxygen atoms in total. The normalized spacial score (nSPS) is 20.4. The quantitative estimate of drug-likeness (QED) is 0.404. The number of amides is 2. The van der Waals surface area contributed by atoms with E-state index in [1.807, 2.05) is 0 Å². The Labute approximate surface area is 141 Å². The van der Waals surface area contributed by atoms with Crippen molar-refractivity contribution in [2.75, 3.05) is 6.54 Å². The van der Waals surface area contributed by atoms with E-state index in [0.29, 0.717) is 6.54 Å². The molecule has 7 heteroatoms. The molecule has 0 spiro atoms. The van der Waals surface area contributed by atoms with Crippen LogP contribution >= 0.6 is 0 Å². The number of carbonyl (C=O) groups is 1. The predicted octanol–water partition coefficient (Wildman–Crippen LogP) is 2.52. The molecule has 1 saturated carbocycles. The number of benzene rings is 1. The second-order valence-electron chi connectivity index (χ2n) is 6.29. The third kappa shape index (κ3) is 6.16. The van der Waals surface area contributed by atoms with Crippen molar-refractivity contribution in [1.82, 2.24) is 10.6 Å². The number of non-ortho nitro benzene ring substituents is 1. The monoisotopic (exact) mass is 335 g/mol. The molecule has 24 heavy (non-hydrogen) atoms. The lowest BCUT2D eigenvalue weighted by molar-refractivity contribution is -0.384. The number of nitro benzene ring substituents is 1. The van der Waals surface area contributed by atoms with Gasteiger partial charge in [0.25, 0.3) is 5.69 Å². The Morgan fingerprint density at radius 1 is 1.17 bits per heavy atom. The second-order valence-corrected chi connectivity index (χ2v) is 6.29. The molecular formula is C17H25N3O4. The van der Waals surface area contributed by atoms with Crippen molar-refractivity contribution in [2.45, 2.75) is 57.1 Å². The van der Waals surface area contributed by atoms with Gasteiger partial charge in [-0.15, -0.1) is 0 Å². The molecule has 1 aromatic rings. The molecule has 0 aromatic heterocycles. The van der Waals surface area contributed by atoms with Gasteiger partial charge in [0.2, 0.25) is 0 Å². The zero-order valence-electron chi connectivity index (χ0n) is 13.7. The fourth-order valence-electron chi connectivity index (χ4n) is 2.90. The van der Waals surface area contributed by atoms with Crippen LogP contribution in [0.15, 0.2) is 24.3 Å². The van der Waals surface area contributed by atoms with Gasteiger partial charge in [-0.3, -0.25) is 10.1 Å². The summed E-state index contributed by atoms with van der Waals surface area (Å²) in [7, 11) is 0. The number of hydrogen-bond donors (Lipinski definition) is 3. The van der Waals surface area contributed by atoms with Crippen molar-refractivity contribution in [3.8, 4) is 0 Å². The number of nitrogens with zero attached hydrogens (tertiary/aromatic N) is 1. The number of urea groups is 1. The number of nitrogens with one attached hydrogen (secondary N) is 2. The molecule has 0 saturated heterocycles. The Hall–Kier alpha value is -2.15. The fourth-order valence-corrected chi connectivity index (χ4v) is 2.90. The maximum absolute atomic E-state index is 11.8. The van der Waals surface area contributed by atoms with Gasteiger partial charge in [-0.1, -0.05) is 12.1 Å². The zero-order chi connectivity index (χ0) is 17.4. The SMILES string of the molecule is O=C(NCCCCc1ccc([N+](=O)[O-])cc1)NC1CCC(O)CC1. The molecule has 1 aromatic carbocycles. The van der Waals surface area contributed by atoms with Crippen LogP contribution in [0.1, 0.15) is 44.1 Å². The van der Waals surface area contributed by atoms with Crippen molar-refractivity contribution in [3.63, 3.8) is 0 Å². The lowest BCUT2D eigenvalue weighted by Gasteiger charge is -2.26. The first kappa shape index (κ1) is 18.2. The molecule has 0 atom stereocenters. The van der Waals surface area contributed by atoms with Gasteiger partial charge in [-0.05, 0) is 50.5 Å². The highest BCUT2D eigenvalue weighted by Crippen LogP contribution is 2.18. The van der Waals surface area contributed by atoms with Crippen LogP contribution in [-0.2, 0) is 6.42 Å². The average Bonchev–Trinajstić information content (AvgIpc) is 2.57. The van der Waals surface area contributed by atoms with Gasteiger partial charge in [-0.2, -0.15) is 0 Å². The van der Waals surface area contributed by atoms with Gasteiger partial charge >= 0.3 is 6.03 Å². The first-order chi connectivity index (χ1) is 11.5. The van der Waals surface area contributed by atoms with E-state index < -0.39 is 4.92 Å². The Balaban J connectivity index is 1.56. The number of rotatable bonds is 7. The third-order valence-electron chi connectivity index (χ3n) is 4.36. The minimum absolute atomic E-state index is 0.104. The Morgan fingerprint density at radius 2 is 1.83 bits per heavy atom. The minimum atomic E-state index is -0.403. The number of carbonyl (C=O) groups excluding carboxylic acids is 1. The first-order valence-electron chi connectivity index (χ1n) is 8.50. The van der Waals surface area contributed by atoms with Crippen molar-refractivity contribution >= 4 is 11.7 Å². The number of aryl methyl sites for hydroxylation is 1. The smallest absolute Gasteiger partial charge is 0.315 e. The number of aliphatic hydroxyl groups is 1. The highest BCUT2D eigenvalue weighted by atomic mass is 16.6. The van der Waals surface area contributed by atoms with Gasteiger partial charge in [0.05, 0.1) is 11.0 Å². The summed E-state index contributed by atoms with van der Waals surface area (Å²) in [4.78, 5) is 22.0. The van der Waals surface area contributed by atoms with E-state index in [-0.39, 0.29) is 23.9 Å². The second kappa shape index (κ2) is 9.22. The van der Waals surface area contributed by atoms with E-state index in [2.05, 4.69) is 10.6 Å². The molecule has 2 amide bonds. The Kier molecular flexibility index (Phi) is 6.99. The molecule has 1 aliphatic carbocycles. The van der Waals surface area contributed by atoms with Gasteiger partial charge < -0.3 is 15.7 Å². The standard InChI is InChI=1S/C17H25N3O4/c21-16-10-6-14(7-11-16)19-17(22)18-12-2-1-3-13-4-8-15(9-5-13)20(23)24/h4-5,8-9,14,16,21H,1-3,6-7,10-12H2,(H2,18,19,22). The van der Waals surface area contributed by atoms with Crippen LogP contribution < -0.4 is 10.6 Å². The first-order valence-corrected chi connectivity index (χ1v) is 8.50. The van der Waals surface area contributed by atoms with Crippen LogP contribution in [0.4, 0.5) is 10.5 Å². The highest BCUT2D eigenvalue weighted by molar-refractivity contribution is 5.74. The minimum Gasteiger partial charge on any atom is -0.393 e. The summed E-state index contributed by atoms with van der Waals surface area (Å²) in [6.45, 7) is 0.605. The van der Waals surface area contributed by atoms with E-state index in [1.54, 1.807) is 12.1 Å². The summed E-state index contributed by atoms with van der Waals surface area (Å²) < 4.78 is 0. The molecule has 1 fully saturated rings. The molecule has 2 rings (SSSR count). The topological polar surface area (TPSA) is 104 Å². The number of hydrogen-bond acceptors (Lipinski definition) is 4. The number of aliphatic hydroxyl groups excluding tert-OH is 1. The van der Waals surface area contributed by atoms with Crippen LogP contribution in [0.5, 0.6) is 0 Å². The summed E-state index contributed by atoms with van der Waals surface area (Å²) in [5.41, 5.74) is 1.16. The van der Waals surface area contributed by atoms with Gasteiger partial charge in [0, 0.05) is 24.7 Å². The van der Waals surface area contributed by atoms with Crippen LogP contribution in [0.25, 0.3) is 0 Å². The summed E-state index contributed by atoms with van der Waals surface area (Å²) in [6.07, 6.45) is 5.54. The van der Waals surface area contributed by atoms with E-state index in [4.69, 9.17) is 0 Å². The predicted molar refractivity (Wildman–Crippen MR) is 90.8 cm³/mol. The van der Waals surface area contributed by atoms with Crippen LogP contribution in [0.3, 0.4) is 0 Å². The summed E-state index contributed by atoms with van der Waals surface area (Å²) >= 11 is 0. The molecule has 132 valence electrons. The van der Waals surface area contributed by atoms with Crippen molar-refractivity contribution in [1.29, 1.82) is 0 Å². The zero-order valence-corrected chi connectivity index (χ0v) is 13.7. The van der Waals surface area contributed by atoms with Gasteiger partial charge in [-0.25, -0.2) is 4.79 Å². The maximum atomic E-state index is 11.8. The molecule has 0 aliphatic heterocycles. The van der Waals surface area contributed by atoms with Crippen LogP contribution in [-0.4, -0.2) is 34.8 Å². The maximum Gasteiger partial charge on any atom is 0.315 e. The summed E-state index contributed by atoms with van der Waals surface area (Å²) in [5.74, 6) is 0. The van der Waals surface area contributed by atoms with E-state index in [1.165, 1.54) is 12.1 Å². The molecule has 1 aliphatic rings. The van der Waals surface area contributed by atoms with Crippen LogP contribution in [0, 0.1) is 10.1 Å². The van der Waals surface area contributed by atoms with Crippen molar-refractivity contribution < 1.29 is 14.8 Å². The molecule has 0 bridgehead atoms. The summed E-state index contributed by atoms with van der Waals surface area (Å²) in [5, 5.41) is 25.8. The molecular weight excluding hydrogens is 310 g/mol. The molecule has 0 radical (unpaired) electrons. The third-order valence-corrected chi connectivity index (χ3v) is 4.36. The van der Waals surface area contributed by atoms with Gasteiger partial charge in [0.15, 0.2) is 0 Å². The highest BCUT2D eigenvalue weighted by Gasteiger charge is 2.20. The molecule has 3 N–H and O–H groups in total. The van der Waals surface area contributed by atoms with Crippen LogP contribution in [0.2, 0.25) is 0 Å². The van der Waals surface area contributed by atoms with Crippen molar-refractivity contribution in [2.24, 2.45) is 0 Å². The number of nitro groups is 1. The van der Waals surface area contributed by atoms with E-state index in [0.717, 1.165) is 50.5 Å². The largest absolute Gasteiger partial charge is 0.393 e. The fraction of sp³-hybridized carbons (Fsp3) is 0.588. The lowest BCUT2D eigenvalue weighted by Crippen LogP contribution is -2.44. The number of unbranched alkanes of at least 4 members (excludes halogenated alkanes) is 1. The molecule has 0 unspecified atom stereocenters. The van der Waals surface area contributed by atoms with E-state index >= 15 is 0 Å². The van der Waals surface area contributed by atoms with Gasteiger partial charge in [0.1, 0.15) is 0 Å². The Bertz CT molecular complexity index is 539. The summed E-state index contributed by atoms with van der Waals surface area (Å²) in [6, 6.07) is 6.59. The lowest BCUT2D eigenvalue weighted by atomic mass is 9.93. The Morgan fingerprint density at radius 3 is 2.46 bits per heavy atom. The van der Waals surface area contributed by atoms with Crippen molar-refractivity contribution in [3.05, 3.63) is 39.9 Å². The molecule has 0 heterocycles.